The molecule has 0 aliphatic heterocycles. The zero-order valence-electron chi connectivity index (χ0n) is 11.6. The molecule has 21 heavy (non-hydrogen) atoms. The number of halogens is 2. The molecular formula is C16H17Cl2NO2. The summed E-state index contributed by atoms with van der Waals surface area (Å²) in [6, 6.07) is 12.5. The van der Waals surface area contributed by atoms with Crippen LogP contribution in [0.5, 0.6) is 5.75 Å². The summed E-state index contributed by atoms with van der Waals surface area (Å²) in [5.41, 5.74) is 7.46. The molecule has 0 amide bonds. The first kappa shape index (κ1) is 16.1. The lowest BCUT2D eigenvalue weighted by Gasteiger charge is -2.23. The lowest BCUT2D eigenvalue weighted by atomic mass is 9.89. The van der Waals surface area contributed by atoms with Crippen LogP contribution in [0.2, 0.25) is 10.0 Å². The van der Waals surface area contributed by atoms with Crippen molar-refractivity contribution in [3.05, 3.63) is 63.6 Å². The fourth-order valence-electron chi connectivity index (χ4n) is 2.22. The highest BCUT2D eigenvalue weighted by Crippen LogP contribution is 2.34. The first-order valence-electron chi connectivity index (χ1n) is 6.54. The summed E-state index contributed by atoms with van der Waals surface area (Å²) in [5.74, 6) is 0.484. The monoisotopic (exact) mass is 325 g/mol. The third-order valence-corrected chi connectivity index (χ3v) is 4.20. The normalized spacial score (nSPS) is 13.8. The van der Waals surface area contributed by atoms with Gasteiger partial charge < -0.3 is 15.6 Å². The van der Waals surface area contributed by atoms with E-state index in [0.29, 0.717) is 16.6 Å². The number of benzene rings is 2. The second-order valence-electron chi connectivity index (χ2n) is 4.73. The molecule has 0 heterocycles. The van der Waals surface area contributed by atoms with Crippen molar-refractivity contribution in [2.24, 2.45) is 5.73 Å². The summed E-state index contributed by atoms with van der Waals surface area (Å²) in [5, 5.41) is 11.5. The van der Waals surface area contributed by atoms with Gasteiger partial charge in [-0.15, -0.1) is 0 Å². The highest BCUT2D eigenvalue weighted by molar-refractivity contribution is 6.42. The van der Waals surface area contributed by atoms with Gasteiger partial charge in [0.1, 0.15) is 5.75 Å². The van der Waals surface area contributed by atoms with Crippen LogP contribution >= 0.6 is 23.2 Å². The molecule has 0 spiro atoms. The zero-order chi connectivity index (χ0) is 15.4. The van der Waals surface area contributed by atoms with Crippen LogP contribution in [0, 0.1) is 0 Å². The van der Waals surface area contributed by atoms with E-state index in [9.17, 15) is 5.11 Å². The number of nitrogens with two attached hydrogens (primary N) is 1. The number of aliphatic hydroxyl groups excluding tert-OH is 1. The second kappa shape index (κ2) is 7.14. The molecule has 3 N–H and O–H groups in total. The van der Waals surface area contributed by atoms with Crippen LogP contribution in [-0.2, 0) is 0 Å². The zero-order valence-corrected chi connectivity index (χ0v) is 13.1. The average molecular weight is 326 g/mol. The van der Waals surface area contributed by atoms with Crippen molar-refractivity contribution in [2.45, 2.75) is 12.0 Å². The maximum Gasteiger partial charge on any atom is 0.118 e. The molecule has 0 fully saturated rings. The minimum atomic E-state index is -0.724. The largest absolute Gasteiger partial charge is 0.497 e. The van der Waals surface area contributed by atoms with Gasteiger partial charge in [-0.05, 0) is 35.4 Å². The molecule has 2 rings (SSSR count). The third-order valence-electron chi connectivity index (χ3n) is 3.46. The lowest BCUT2D eigenvalue weighted by Crippen LogP contribution is -2.20. The van der Waals surface area contributed by atoms with Crippen molar-refractivity contribution in [3.63, 3.8) is 0 Å². The highest BCUT2D eigenvalue weighted by atomic mass is 35.5. The molecule has 0 aromatic heterocycles. The van der Waals surface area contributed by atoms with E-state index in [4.69, 9.17) is 33.7 Å². The Bertz CT molecular complexity index is 602. The van der Waals surface area contributed by atoms with E-state index in [2.05, 4.69) is 0 Å². The number of hydrogen-bond acceptors (Lipinski definition) is 3. The first-order valence-corrected chi connectivity index (χ1v) is 7.29. The molecule has 3 nitrogen and oxygen atoms in total. The van der Waals surface area contributed by atoms with Crippen molar-refractivity contribution in [1.82, 2.24) is 0 Å². The topological polar surface area (TPSA) is 55.5 Å². The van der Waals surface area contributed by atoms with Gasteiger partial charge in [-0.2, -0.15) is 0 Å². The number of rotatable bonds is 5. The van der Waals surface area contributed by atoms with Gasteiger partial charge in [0.25, 0.3) is 0 Å². The fraction of sp³-hybridized carbons (Fsp3) is 0.250. The Balaban J connectivity index is 2.28. The van der Waals surface area contributed by atoms with Crippen LogP contribution in [0.1, 0.15) is 23.1 Å². The maximum absolute atomic E-state index is 10.6. The molecule has 2 atom stereocenters. The summed E-state index contributed by atoms with van der Waals surface area (Å²) in [4.78, 5) is 0. The SMILES string of the molecule is COc1ccc(C(O)C(CN)c2ccc(Cl)c(Cl)c2)cc1. The Labute approximate surface area is 134 Å². The molecule has 0 bridgehead atoms. The second-order valence-corrected chi connectivity index (χ2v) is 5.55. The Kier molecular flexibility index (Phi) is 5.48. The van der Waals surface area contributed by atoms with Crippen molar-refractivity contribution in [1.29, 1.82) is 0 Å². The lowest BCUT2D eigenvalue weighted by molar-refractivity contribution is 0.147. The standard InChI is InChI=1S/C16H17Cl2NO2/c1-21-12-5-2-10(3-6-12)16(20)13(9-19)11-4-7-14(17)15(18)8-11/h2-8,13,16,20H,9,19H2,1H3. The van der Waals surface area contributed by atoms with Crippen LogP contribution in [0.3, 0.4) is 0 Å². The van der Waals surface area contributed by atoms with Gasteiger partial charge in [-0.3, -0.25) is 0 Å². The summed E-state index contributed by atoms with van der Waals surface area (Å²) < 4.78 is 5.11. The predicted octanol–water partition coefficient (Wildman–Crippen LogP) is 3.78. The fourth-order valence-corrected chi connectivity index (χ4v) is 2.53. The minimum absolute atomic E-state index is 0.256. The molecule has 0 aliphatic carbocycles. The first-order chi connectivity index (χ1) is 10.1. The van der Waals surface area contributed by atoms with Gasteiger partial charge in [0, 0.05) is 12.5 Å². The number of aliphatic hydroxyl groups is 1. The molecule has 0 aliphatic rings. The average Bonchev–Trinajstić information content (AvgIpc) is 2.51. The van der Waals surface area contributed by atoms with Crippen LogP contribution in [0.15, 0.2) is 42.5 Å². The van der Waals surface area contributed by atoms with Crippen LogP contribution in [0.25, 0.3) is 0 Å². The Morgan fingerprint density at radius 2 is 1.67 bits per heavy atom. The maximum atomic E-state index is 10.6. The van der Waals surface area contributed by atoms with Gasteiger partial charge in [0.2, 0.25) is 0 Å². The van der Waals surface area contributed by atoms with E-state index in [1.807, 2.05) is 18.2 Å². The summed E-state index contributed by atoms with van der Waals surface area (Å²) in [6.07, 6.45) is -0.724. The predicted molar refractivity (Wildman–Crippen MR) is 86.2 cm³/mol. The number of methoxy groups -OCH3 is 1. The Morgan fingerprint density at radius 1 is 1.05 bits per heavy atom. The Morgan fingerprint density at radius 3 is 2.19 bits per heavy atom. The van der Waals surface area contributed by atoms with E-state index in [0.717, 1.165) is 16.9 Å². The summed E-state index contributed by atoms with van der Waals surface area (Å²) in [6.45, 7) is 0.297. The molecular weight excluding hydrogens is 309 g/mol. The molecule has 112 valence electrons. The molecule has 0 saturated heterocycles. The molecule has 2 aromatic rings. The highest BCUT2D eigenvalue weighted by Gasteiger charge is 2.22. The van der Waals surface area contributed by atoms with E-state index >= 15 is 0 Å². The Hall–Kier alpha value is -1.26. The van der Waals surface area contributed by atoms with E-state index < -0.39 is 6.10 Å². The summed E-state index contributed by atoms with van der Waals surface area (Å²) >= 11 is 12.0. The third kappa shape index (κ3) is 3.69. The van der Waals surface area contributed by atoms with Gasteiger partial charge in [0.15, 0.2) is 0 Å². The molecule has 0 radical (unpaired) electrons. The van der Waals surface area contributed by atoms with Gasteiger partial charge in [-0.1, -0.05) is 41.4 Å². The summed E-state index contributed by atoms with van der Waals surface area (Å²) in [7, 11) is 1.60. The smallest absolute Gasteiger partial charge is 0.118 e. The van der Waals surface area contributed by atoms with Crippen LogP contribution in [-0.4, -0.2) is 18.8 Å². The van der Waals surface area contributed by atoms with Crippen molar-refractivity contribution in [3.8, 4) is 5.75 Å². The minimum Gasteiger partial charge on any atom is -0.497 e. The quantitative estimate of drug-likeness (QED) is 0.879. The van der Waals surface area contributed by atoms with Crippen molar-refractivity contribution >= 4 is 23.2 Å². The van der Waals surface area contributed by atoms with Crippen LogP contribution < -0.4 is 10.5 Å². The van der Waals surface area contributed by atoms with E-state index in [1.165, 1.54) is 0 Å². The molecule has 2 unspecified atom stereocenters. The van der Waals surface area contributed by atoms with Crippen molar-refractivity contribution < 1.29 is 9.84 Å². The van der Waals surface area contributed by atoms with Gasteiger partial charge >= 0.3 is 0 Å². The van der Waals surface area contributed by atoms with Gasteiger partial charge in [-0.25, -0.2) is 0 Å². The molecule has 5 heteroatoms. The van der Waals surface area contributed by atoms with Crippen LogP contribution in [0.4, 0.5) is 0 Å². The van der Waals surface area contributed by atoms with E-state index in [1.54, 1.807) is 31.4 Å². The molecule has 0 saturated carbocycles. The molecule has 2 aromatic carbocycles. The van der Waals surface area contributed by atoms with Gasteiger partial charge in [0.05, 0.1) is 23.3 Å². The number of hydrogen-bond donors (Lipinski definition) is 2. The number of ether oxygens (including phenoxy) is 1. The van der Waals surface area contributed by atoms with E-state index in [-0.39, 0.29) is 5.92 Å². The van der Waals surface area contributed by atoms with Crippen molar-refractivity contribution in [2.75, 3.05) is 13.7 Å².